The van der Waals surface area contributed by atoms with Gasteiger partial charge < -0.3 is 14.8 Å². The summed E-state index contributed by atoms with van der Waals surface area (Å²) in [6, 6.07) is 27.6. The summed E-state index contributed by atoms with van der Waals surface area (Å²) in [6.45, 7) is 0. The molecule has 0 saturated heterocycles. The molecule has 0 saturated carbocycles. The van der Waals surface area contributed by atoms with Crippen molar-refractivity contribution < 1.29 is 9.84 Å². The lowest BCUT2D eigenvalue weighted by atomic mass is 9.88. The van der Waals surface area contributed by atoms with E-state index in [1.165, 1.54) is 0 Å². The number of aromatic hydroxyl groups is 1. The molecule has 0 radical (unpaired) electrons. The third kappa shape index (κ3) is 2.61. The summed E-state index contributed by atoms with van der Waals surface area (Å²) >= 11 is 0. The highest BCUT2D eigenvalue weighted by Crippen LogP contribution is 2.48. The third-order valence-corrected chi connectivity index (χ3v) is 5.47. The largest absolute Gasteiger partial charge is 0.506 e. The molecule has 2 N–H and O–H groups in total. The molecule has 4 heteroatoms. The molecule has 1 aromatic heterocycles. The van der Waals surface area contributed by atoms with Crippen LogP contribution in [0.4, 0.5) is 0 Å². The van der Waals surface area contributed by atoms with Gasteiger partial charge in [-0.15, -0.1) is 0 Å². The molecular weight excluding hydrogens is 372 g/mol. The summed E-state index contributed by atoms with van der Waals surface area (Å²) in [5, 5.41) is 22.7. The van der Waals surface area contributed by atoms with Crippen molar-refractivity contribution in [2.45, 2.75) is 0 Å². The average Bonchev–Trinajstić information content (AvgIpc) is 3.18. The first kappa shape index (κ1) is 17.8. The Hall–Kier alpha value is -4.23. The minimum Gasteiger partial charge on any atom is -0.506 e. The van der Waals surface area contributed by atoms with Crippen LogP contribution in [0.1, 0.15) is 5.56 Å². The molecule has 5 rings (SSSR count). The highest BCUT2D eigenvalue weighted by atomic mass is 16.5. The van der Waals surface area contributed by atoms with Crippen molar-refractivity contribution in [3.63, 3.8) is 0 Å². The van der Waals surface area contributed by atoms with Crippen LogP contribution in [-0.2, 0) is 0 Å². The number of H-pyrrole nitrogens is 1. The van der Waals surface area contributed by atoms with Gasteiger partial charge in [0.05, 0.1) is 18.0 Å². The van der Waals surface area contributed by atoms with E-state index < -0.39 is 0 Å². The van der Waals surface area contributed by atoms with E-state index >= 15 is 0 Å². The van der Waals surface area contributed by atoms with Crippen molar-refractivity contribution in [1.82, 2.24) is 4.98 Å². The zero-order chi connectivity index (χ0) is 20.7. The Morgan fingerprint density at radius 2 is 1.50 bits per heavy atom. The van der Waals surface area contributed by atoms with Gasteiger partial charge in [-0.3, -0.25) is 0 Å². The minimum absolute atomic E-state index is 0.0227. The van der Waals surface area contributed by atoms with E-state index in [0.29, 0.717) is 16.7 Å². The second-order valence-electron chi connectivity index (χ2n) is 7.10. The van der Waals surface area contributed by atoms with Crippen molar-refractivity contribution >= 4 is 21.8 Å². The van der Waals surface area contributed by atoms with Crippen LogP contribution < -0.4 is 4.74 Å². The van der Waals surface area contributed by atoms with Gasteiger partial charge in [-0.1, -0.05) is 60.7 Å². The van der Waals surface area contributed by atoms with Gasteiger partial charge in [-0.25, -0.2) is 0 Å². The Bertz CT molecular complexity index is 1430. The number of nitrogens with zero attached hydrogens (tertiary/aromatic N) is 1. The summed E-state index contributed by atoms with van der Waals surface area (Å²) in [5.74, 6) is 0.667. The molecule has 0 fully saturated rings. The number of ether oxygens (including phenoxy) is 1. The van der Waals surface area contributed by atoms with E-state index in [2.05, 4.69) is 11.1 Å². The molecule has 1 heterocycles. The Balaban J connectivity index is 2.03. The summed E-state index contributed by atoms with van der Waals surface area (Å²) in [6.07, 6.45) is 0. The van der Waals surface area contributed by atoms with Gasteiger partial charge >= 0.3 is 0 Å². The molecule has 0 unspecified atom stereocenters. The standard InChI is InChI=1S/C26H18N2O2/c1-30-18-12-13-21-19(14-18)24-25(28-21)23(17-10-6-3-7-11-17)22(20(15-27)26(24)29)16-8-4-2-5-9-16/h2-14,28-29H,1H3. The topological polar surface area (TPSA) is 69.0 Å². The maximum Gasteiger partial charge on any atom is 0.144 e. The van der Waals surface area contributed by atoms with Crippen LogP contribution >= 0.6 is 0 Å². The lowest BCUT2D eigenvalue weighted by molar-refractivity contribution is 0.415. The van der Waals surface area contributed by atoms with Crippen molar-refractivity contribution in [2.24, 2.45) is 0 Å². The van der Waals surface area contributed by atoms with Gasteiger partial charge in [0.25, 0.3) is 0 Å². The number of hydrogen-bond donors (Lipinski definition) is 2. The molecule has 0 bridgehead atoms. The number of nitrogens with one attached hydrogen (secondary N) is 1. The zero-order valence-corrected chi connectivity index (χ0v) is 16.3. The van der Waals surface area contributed by atoms with E-state index in [1.807, 2.05) is 78.9 Å². The summed E-state index contributed by atoms with van der Waals surface area (Å²) in [7, 11) is 1.61. The van der Waals surface area contributed by atoms with Crippen LogP contribution in [0.15, 0.2) is 78.9 Å². The van der Waals surface area contributed by atoms with Gasteiger partial charge in [-0.05, 0) is 29.3 Å². The second-order valence-corrected chi connectivity index (χ2v) is 7.10. The number of nitriles is 1. The number of hydrogen-bond acceptors (Lipinski definition) is 3. The Morgan fingerprint density at radius 1 is 0.867 bits per heavy atom. The van der Waals surface area contributed by atoms with E-state index in [9.17, 15) is 10.4 Å². The van der Waals surface area contributed by atoms with Crippen LogP contribution in [0.2, 0.25) is 0 Å². The van der Waals surface area contributed by atoms with Crippen molar-refractivity contribution in [3.8, 4) is 39.8 Å². The maximum absolute atomic E-state index is 11.2. The lowest BCUT2D eigenvalue weighted by Gasteiger charge is -2.16. The van der Waals surface area contributed by atoms with Crippen molar-refractivity contribution in [1.29, 1.82) is 5.26 Å². The van der Waals surface area contributed by atoms with Crippen LogP contribution in [-0.4, -0.2) is 17.2 Å². The maximum atomic E-state index is 11.2. The zero-order valence-electron chi connectivity index (χ0n) is 16.3. The predicted octanol–water partition coefficient (Wildman–Crippen LogP) is 6.24. The highest BCUT2D eigenvalue weighted by Gasteiger charge is 2.24. The van der Waals surface area contributed by atoms with Gasteiger partial charge in [0.2, 0.25) is 0 Å². The van der Waals surface area contributed by atoms with Gasteiger partial charge in [-0.2, -0.15) is 5.26 Å². The fourth-order valence-corrected chi connectivity index (χ4v) is 4.12. The van der Waals surface area contributed by atoms with Crippen LogP contribution in [0.25, 0.3) is 44.1 Å². The Kier molecular flexibility index (Phi) is 4.15. The van der Waals surface area contributed by atoms with Crippen LogP contribution in [0.5, 0.6) is 11.5 Å². The van der Waals surface area contributed by atoms with Crippen molar-refractivity contribution in [2.75, 3.05) is 7.11 Å². The molecular formula is C26H18N2O2. The van der Waals surface area contributed by atoms with Gasteiger partial charge in [0, 0.05) is 22.0 Å². The van der Waals surface area contributed by atoms with Gasteiger partial charge in [0.1, 0.15) is 23.1 Å². The molecule has 0 atom stereocenters. The first-order valence-corrected chi connectivity index (χ1v) is 9.62. The van der Waals surface area contributed by atoms with Crippen molar-refractivity contribution in [3.05, 3.63) is 84.4 Å². The number of benzene rings is 4. The fraction of sp³-hybridized carbons (Fsp3) is 0.0385. The van der Waals surface area contributed by atoms with E-state index in [1.54, 1.807) is 7.11 Å². The van der Waals surface area contributed by atoms with E-state index in [4.69, 9.17) is 4.74 Å². The second kappa shape index (κ2) is 6.98. The molecule has 0 aliphatic carbocycles. The molecule has 0 aliphatic heterocycles. The molecule has 30 heavy (non-hydrogen) atoms. The first-order valence-electron chi connectivity index (χ1n) is 9.62. The molecule has 4 aromatic carbocycles. The highest BCUT2D eigenvalue weighted by molar-refractivity contribution is 6.19. The number of aromatic amines is 1. The number of aromatic nitrogens is 1. The van der Waals surface area contributed by atoms with Crippen LogP contribution in [0, 0.1) is 11.3 Å². The van der Waals surface area contributed by atoms with Gasteiger partial charge in [0.15, 0.2) is 0 Å². The SMILES string of the molecule is COc1ccc2[nH]c3c(-c4ccccc4)c(-c4ccccc4)c(C#N)c(O)c3c2c1. The number of rotatable bonds is 3. The summed E-state index contributed by atoms with van der Waals surface area (Å²) < 4.78 is 5.38. The number of phenolic OH excluding ortho intramolecular Hbond substituents is 1. The number of phenols is 1. The number of fused-ring (bicyclic) bond motifs is 3. The number of methoxy groups -OCH3 is 1. The summed E-state index contributed by atoms with van der Waals surface area (Å²) in [5.41, 5.74) is 5.37. The molecule has 0 aliphatic rings. The lowest BCUT2D eigenvalue weighted by Crippen LogP contribution is -1.93. The van der Waals surface area contributed by atoms with E-state index in [0.717, 1.165) is 33.1 Å². The Labute approximate surface area is 173 Å². The Morgan fingerprint density at radius 3 is 2.10 bits per heavy atom. The first-order chi connectivity index (χ1) is 14.7. The molecule has 5 aromatic rings. The molecule has 0 spiro atoms. The average molecular weight is 390 g/mol. The quantitative estimate of drug-likeness (QED) is 0.383. The third-order valence-electron chi connectivity index (χ3n) is 5.47. The monoisotopic (exact) mass is 390 g/mol. The minimum atomic E-state index is -0.0227. The molecule has 0 amide bonds. The fourth-order valence-electron chi connectivity index (χ4n) is 4.12. The molecule has 4 nitrogen and oxygen atoms in total. The molecule has 144 valence electrons. The van der Waals surface area contributed by atoms with E-state index in [-0.39, 0.29) is 11.3 Å². The predicted molar refractivity (Wildman–Crippen MR) is 120 cm³/mol. The van der Waals surface area contributed by atoms with Crippen LogP contribution in [0.3, 0.4) is 0 Å². The normalized spacial score (nSPS) is 10.9. The summed E-state index contributed by atoms with van der Waals surface area (Å²) in [4.78, 5) is 3.47. The smallest absolute Gasteiger partial charge is 0.144 e.